The average Bonchev–Trinajstić information content (AvgIpc) is 2.84. The number of methoxy groups -OCH3 is 1. The molecule has 0 unspecified atom stereocenters. The number of esters is 1. The number of carbonyl (C=O) groups is 1. The molecule has 0 amide bonds. The van der Waals surface area contributed by atoms with Gasteiger partial charge in [-0.3, -0.25) is 4.79 Å². The Morgan fingerprint density at radius 2 is 1.61 bits per heavy atom. The van der Waals surface area contributed by atoms with Gasteiger partial charge in [-0.2, -0.15) is 9.78 Å². The Hall–Kier alpha value is -3.81. The highest BCUT2D eigenvalue weighted by molar-refractivity contribution is 5.93. The molecule has 0 aliphatic carbocycles. The zero-order valence-electron chi connectivity index (χ0n) is 19.2. The maximum atomic E-state index is 13.0. The molecule has 0 bridgehead atoms. The molecule has 0 spiro atoms. The van der Waals surface area contributed by atoms with Crippen molar-refractivity contribution in [3.05, 3.63) is 76.2 Å². The molecular formula is C25H28N4O4. The smallest absolute Gasteiger partial charge is 0.360 e. The van der Waals surface area contributed by atoms with E-state index in [0.717, 1.165) is 17.0 Å². The summed E-state index contributed by atoms with van der Waals surface area (Å²) in [7, 11) is 1.66. The number of para-hydroxylation sites is 2. The lowest BCUT2D eigenvalue weighted by Crippen LogP contribution is -2.47. The van der Waals surface area contributed by atoms with Crippen LogP contribution in [-0.2, 0) is 4.74 Å². The number of nitrogens with zero attached hydrogens (tertiary/aromatic N) is 4. The molecule has 1 aliphatic rings. The summed E-state index contributed by atoms with van der Waals surface area (Å²) in [5, 5.41) is 4.42. The first kappa shape index (κ1) is 22.4. The zero-order valence-corrected chi connectivity index (χ0v) is 19.2. The van der Waals surface area contributed by atoms with Crippen LogP contribution in [-0.4, -0.2) is 55.6 Å². The van der Waals surface area contributed by atoms with Crippen molar-refractivity contribution < 1.29 is 14.3 Å². The second-order valence-corrected chi connectivity index (χ2v) is 7.83. The van der Waals surface area contributed by atoms with Gasteiger partial charge < -0.3 is 19.3 Å². The molecule has 1 saturated heterocycles. The van der Waals surface area contributed by atoms with Crippen LogP contribution in [0.25, 0.3) is 5.69 Å². The largest absolute Gasteiger partial charge is 0.495 e. The van der Waals surface area contributed by atoms with Crippen LogP contribution < -0.4 is 20.1 Å². The van der Waals surface area contributed by atoms with Gasteiger partial charge in [0.1, 0.15) is 5.75 Å². The van der Waals surface area contributed by atoms with E-state index < -0.39 is 5.97 Å². The topological polar surface area (TPSA) is 76.9 Å². The number of aromatic nitrogens is 2. The van der Waals surface area contributed by atoms with E-state index in [1.165, 1.54) is 10.7 Å². The molecule has 0 atom stereocenters. The number of hydrogen-bond acceptors (Lipinski definition) is 7. The van der Waals surface area contributed by atoms with Crippen molar-refractivity contribution in [1.82, 2.24) is 9.78 Å². The van der Waals surface area contributed by atoms with Gasteiger partial charge in [0.15, 0.2) is 5.69 Å². The summed E-state index contributed by atoms with van der Waals surface area (Å²) >= 11 is 0. The summed E-state index contributed by atoms with van der Waals surface area (Å²) in [5.74, 6) is 0.279. The van der Waals surface area contributed by atoms with Crippen LogP contribution >= 0.6 is 0 Å². The van der Waals surface area contributed by atoms with Gasteiger partial charge >= 0.3 is 5.97 Å². The maximum Gasteiger partial charge on any atom is 0.360 e. The highest BCUT2D eigenvalue weighted by atomic mass is 16.5. The summed E-state index contributed by atoms with van der Waals surface area (Å²) in [6, 6.07) is 16.8. The van der Waals surface area contributed by atoms with E-state index in [1.807, 2.05) is 60.4 Å². The van der Waals surface area contributed by atoms with Crippen LogP contribution in [0.1, 0.15) is 23.0 Å². The van der Waals surface area contributed by atoms with Crippen molar-refractivity contribution in [3.63, 3.8) is 0 Å². The van der Waals surface area contributed by atoms with Gasteiger partial charge in [0, 0.05) is 32.2 Å². The summed E-state index contributed by atoms with van der Waals surface area (Å²) in [6.07, 6.45) is 0. The van der Waals surface area contributed by atoms with Crippen molar-refractivity contribution in [2.24, 2.45) is 0 Å². The highest BCUT2D eigenvalue weighted by Crippen LogP contribution is 2.29. The van der Waals surface area contributed by atoms with Crippen molar-refractivity contribution in [3.8, 4) is 11.4 Å². The van der Waals surface area contributed by atoms with Gasteiger partial charge in [-0.1, -0.05) is 29.8 Å². The first-order valence-corrected chi connectivity index (χ1v) is 11.0. The van der Waals surface area contributed by atoms with E-state index >= 15 is 0 Å². The molecule has 172 valence electrons. The number of rotatable bonds is 6. The van der Waals surface area contributed by atoms with Gasteiger partial charge in [-0.05, 0) is 38.1 Å². The van der Waals surface area contributed by atoms with Gasteiger partial charge in [0.25, 0.3) is 5.56 Å². The molecule has 0 saturated carbocycles. The standard InChI is InChI=1S/C25H28N4O4/c1-4-33-25(31)24-21(17-23(30)29(26-24)19-11-9-18(2)10-12-19)28-15-13-27(14-16-28)20-7-5-6-8-22(20)32-3/h5-12,17H,4,13-16H2,1-3H3. The quantitative estimate of drug-likeness (QED) is 0.537. The molecule has 4 rings (SSSR count). The fourth-order valence-corrected chi connectivity index (χ4v) is 3.98. The SMILES string of the molecule is CCOC(=O)c1nn(-c2ccc(C)cc2)c(=O)cc1N1CCN(c2ccccc2OC)CC1. The van der Waals surface area contributed by atoms with Crippen LogP contribution in [0, 0.1) is 6.92 Å². The summed E-state index contributed by atoms with van der Waals surface area (Å²) in [5.41, 5.74) is 3.04. The first-order valence-electron chi connectivity index (χ1n) is 11.0. The van der Waals surface area contributed by atoms with Crippen LogP contribution in [0.3, 0.4) is 0 Å². The number of carbonyl (C=O) groups excluding carboxylic acids is 1. The van der Waals surface area contributed by atoms with Gasteiger partial charge in [-0.25, -0.2) is 4.79 Å². The molecule has 1 aliphatic heterocycles. The number of benzene rings is 2. The number of piperazine rings is 1. The molecule has 3 aromatic rings. The maximum absolute atomic E-state index is 13.0. The molecule has 2 heterocycles. The Kier molecular flexibility index (Phi) is 6.63. The monoisotopic (exact) mass is 448 g/mol. The molecule has 33 heavy (non-hydrogen) atoms. The number of aryl methyl sites for hydroxylation is 1. The van der Waals surface area contributed by atoms with Crippen molar-refractivity contribution >= 4 is 17.3 Å². The lowest BCUT2D eigenvalue weighted by Gasteiger charge is -2.38. The Morgan fingerprint density at radius 1 is 0.970 bits per heavy atom. The molecule has 1 fully saturated rings. The number of ether oxygens (including phenoxy) is 2. The van der Waals surface area contributed by atoms with Crippen LogP contribution in [0.4, 0.5) is 11.4 Å². The van der Waals surface area contributed by atoms with Gasteiger partial charge in [0.2, 0.25) is 0 Å². The lowest BCUT2D eigenvalue weighted by molar-refractivity contribution is 0.0518. The van der Waals surface area contributed by atoms with Crippen molar-refractivity contribution in [1.29, 1.82) is 0 Å². The van der Waals surface area contributed by atoms with Crippen molar-refractivity contribution in [2.75, 3.05) is 49.7 Å². The third-order valence-electron chi connectivity index (χ3n) is 5.71. The average molecular weight is 449 g/mol. The number of hydrogen-bond donors (Lipinski definition) is 0. The molecule has 0 N–H and O–H groups in total. The molecule has 8 heteroatoms. The second kappa shape index (κ2) is 9.77. The van der Waals surface area contributed by atoms with Gasteiger partial charge in [0.05, 0.1) is 30.8 Å². The predicted octanol–water partition coefficient (Wildman–Crippen LogP) is 3.05. The Balaban J connectivity index is 1.64. The minimum absolute atomic E-state index is 0.141. The Labute approximate surface area is 193 Å². The molecular weight excluding hydrogens is 420 g/mol. The Bertz CT molecular complexity index is 1180. The van der Waals surface area contributed by atoms with E-state index in [0.29, 0.717) is 37.6 Å². The number of anilines is 2. The summed E-state index contributed by atoms with van der Waals surface area (Å²) in [6.45, 7) is 6.62. The third kappa shape index (κ3) is 4.69. The zero-order chi connectivity index (χ0) is 23.4. The van der Waals surface area contributed by atoms with Gasteiger partial charge in [-0.15, -0.1) is 0 Å². The second-order valence-electron chi connectivity index (χ2n) is 7.83. The minimum atomic E-state index is -0.541. The molecule has 1 aromatic heterocycles. The molecule has 0 radical (unpaired) electrons. The third-order valence-corrected chi connectivity index (χ3v) is 5.71. The Morgan fingerprint density at radius 3 is 2.24 bits per heavy atom. The highest BCUT2D eigenvalue weighted by Gasteiger charge is 2.26. The van der Waals surface area contributed by atoms with E-state index in [2.05, 4.69) is 10.00 Å². The fraction of sp³-hybridized carbons (Fsp3) is 0.320. The molecule has 2 aromatic carbocycles. The van der Waals surface area contributed by atoms with Crippen molar-refractivity contribution in [2.45, 2.75) is 13.8 Å². The first-order chi connectivity index (χ1) is 16.0. The van der Waals surface area contributed by atoms with E-state index in [1.54, 1.807) is 14.0 Å². The predicted molar refractivity (Wildman–Crippen MR) is 128 cm³/mol. The van der Waals surface area contributed by atoms with Crippen LogP contribution in [0.15, 0.2) is 59.4 Å². The summed E-state index contributed by atoms with van der Waals surface area (Å²) < 4.78 is 12.0. The normalized spacial score (nSPS) is 13.7. The van der Waals surface area contributed by atoms with Crippen LogP contribution in [0.5, 0.6) is 5.75 Å². The fourth-order valence-electron chi connectivity index (χ4n) is 3.98. The van der Waals surface area contributed by atoms with Crippen LogP contribution in [0.2, 0.25) is 0 Å². The minimum Gasteiger partial charge on any atom is -0.495 e. The molecule has 8 nitrogen and oxygen atoms in total. The van der Waals surface area contributed by atoms with E-state index in [-0.39, 0.29) is 17.9 Å². The lowest BCUT2D eigenvalue weighted by atomic mass is 10.2. The summed E-state index contributed by atoms with van der Waals surface area (Å²) in [4.78, 5) is 30.0. The van der Waals surface area contributed by atoms with E-state index in [4.69, 9.17) is 9.47 Å². The van der Waals surface area contributed by atoms with E-state index in [9.17, 15) is 9.59 Å².